The molecule has 1 aliphatic rings. The lowest BCUT2D eigenvalue weighted by Crippen LogP contribution is -2.62. The first-order valence-corrected chi connectivity index (χ1v) is 23.8. The number of hydrogen-bond donors (Lipinski definition) is 12. The summed E-state index contributed by atoms with van der Waals surface area (Å²) >= 11 is 0. The van der Waals surface area contributed by atoms with Crippen molar-refractivity contribution in [1.29, 1.82) is 0 Å². The van der Waals surface area contributed by atoms with Crippen molar-refractivity contribution in [2.45, 2.75) is 142 Å². The molecule has 24 heteroatoms. The molecule has 15 N–H and O–H groups in total. The largest absolute Gasteiger partial charge is 0.394 e. The van der Waals surface area contributed by atoms with Gasteiger partial charge in [0, 0.05) is 39.4 Å². The number of carbonyl (C=O) groups excluding carboxylic acids is 10. The Labute approximate surface area is 409 Å². The Morgan fingerprint density at radius 1 is 0.714 bits per heavy atom. The average Bonchev–Trinajstić information content (AvgIpc) is 3.82. The second kappa shape index (κ2) is 30.6. The fourth-order valence-electron chi connectivity index (χ4n) is 7.52. The van der Waals surface area contributed by atoms with Crippen LogP contribution >= 0.6 is 0 Å². The van der Waals surface area contributed by atoms with Gasteiger partial charge < -0.3 is 69.7 Å². The molecule has 0 unspecified atom stereocenters. The number of guanidine groups is 1. The van der Waals surface area contributed by atoms with Gasteiger partial charge in [-0.15, -0.1) is 0 Å². The molecule has 1 saturated heterocycles. The van der Waals surface area contributed by atoms with Crippen LogP contribution in [0.1, 0.15) is 98.5 Å². The van der Waals surface area contributed by atoms with E-state index in [0.29, 0.717) is 37.8 Å². The molecule has 1 heterocycles. The normalized spacial score (nSPS) is 16.5. The smallest absolute Gasteiger partial charge is 0.245 e. The topological polar surface area (TPSA) is 381 Å². The Balaban J connectivity index is 2.36. The molecule has 2 rings (SSSR count). The average molecular weight is 986 g/mol. The first kappa shape index (κ1) is 59.3. The van der Waals surface area contributed by atoms with Crippen molar-refractivity contribution in [1.82, 2.24) is 47.4 Å². The molecular weight excluding hydrogens is 911 g/mol. The van der Waals surface area contributed by atoms with E-state index >= 15 is 0 Å². The van der Waals surface area contributed by atoms with Crippen LogP contribution in [0.15, 0.2) is 35.3 Å². The third-order valence-corrected chi connectivity index (χ3v) is 11.9. The fraction of sp³-hybridized carbons (Fsp3) is 0.630. The molecule has 10 amide bonds. The summed E-state index contributed by atoms with van der Waals surface area (Å²) in [6.07, 6.45) is 1.27. The Bertz CT molecular complexity index is 1980. The molecule has 24 nitrogen and oxygen atoms in total. The number of amides is 10. The second-order valence-corrected chi connectivity index (χ2v) is 17.4. The summed E-state index contributed by atoms with van der Waals surface area (Å²) in [6.45, 7) is 9.20. The summed E-state index contributed by atoms with van der Waals surface area (Å²) in [6, 6.07) is -0.248. The molecular formula is C46H75N13O11. The van der Waals surface area contributed by atoms with E-state index < -0.39 is 127 Å². The van der Waals surface area contributed by atoms with Crippen molar-refractivity contribution in [3.8, 4) is 0 Å². The SMILES string of the molecule is CCNC(=O)[C@@H]1CCCN1C(=O)[C@H](CCCN=C(N)N)NC(=O)[C@@H](NC(=O)[C@H](CCC(N)=O)NC(=O)[C@H](CO)NC(=O)[C@H](NC(=O)[C@H](Cc1ccccc1)NC(=O)CNC(C)=O)[C@@H](C)CC)[C@@H](C)CC. The molecule has 0 saturated carbocycles. The maximum Gasteiger partial charge on any atom is 0.245 e. The van der Waals surface area contributed by atoms with Crippen LogP contribution in [0.4, 0.5) is 0 Å². The highest BCUT2D eigenvalue weighted by atomic mass is 16.3. The molecule has 390 valence electrons. The van der Waals surface area contributed by atoms with Crippen molar-refractivity contribution < 1.29 is 53.1 Å². The number of aliphatic imine (C=N–C) groups is 1. The van der Waals surface area contributed by atoms with E-state index in [1.807, 2.05) is 0 Å². The van der Waals surface area contributed by atoms with Gasteiger partial charge in [0.25, 0.3) is 0 Å². The quantitative estimate of drug-likeness (QED) is 0.0206. The van der Waals surface area contributed by atoms with E-state index in [0.717, 1.165) is 0 Å². The minimum atomic E-state index is -1.70. The van der Waals surface area contributed by atoms with E-state index in [2.05, 4.69) is 47.5 Å². The zero-order valence-electron chi connectivity index (χ0n) is 41.1. The number of carbonyl (C=O) groups is 10. The molecule has 1 fully saturated rings. The standard InChI is InChI=1S/C46H75N13O11/c1-7-26(4)37(43(68)55-31(17-13-21-51-46(48)49)45(70)59-22-14-18-34(59)42(67)50-9-3)57-39(64)30(19-20-35(47)62)54-41(66)33(25-60)56-44(69)38(27(5)8-2)58-40(65)32(23-29-15-11-10-12-16-29)53-36(63)24-52-28(6)61/h10-12,15-16,26-27,30-34,37-38,60H,7-9,13-14,17-25H2,1-6H3,(H2,47,62)(H,50,67)(H,52,61)(H,53,63)(H,54,66)(H,55,68)(H,56,69)(H,57,64)(H,58,65)(H4,48,49,51)/t26-,27-,30-,31-,32-,33-,34-,37-,38+/m0/s1. The van der Waals surface area contributed by atoms with Crippen LogP contribution in [0.5, 0.6) is 0 Å². The van der Waals surface area contributed by atoms with Crippen LogP contribution in [-0.2, 0) is 54.4 Å². The third-order valence-electron chi connectivity index (χ3n) is 11.9. The number of primary amides is 1. The molecule has 9 atom stereocenters. The third kappa shape index (κ3) is 20.0. The zero-order valence-corrected chi connectivity index (χ0v) is 41.1. The Morgan fingerprint density at radius 3 is 1.80 bits per heavy atom. The Morgan fingerprint density at radius 2 is 1.27 bits per heavy atom. The predicted octanol–water partition coefficient (Wildman–Crippen LogP) is -3.20. The van der Waals surface area contributed by atoms with E-state index in [-0.39, 0.29) is 50.6 Å². The van der Waals surface area contributed by atoms with Crippen molar-refractivity contribution in [2.75, 3.05) is 32.8 Å². The molecule has 1 aliphatic heterocycles. The van der Waals surface area contributed by atoms with Gasteiger partial charge in [0.2, 0.25) is 59.1 Å². The predicted molar refractivity (Wildman–Crippen MR) is 258 cm³/mol. The summed E-state index contributed by atoms with van der Waals surface area (Å²) < 4.78 is 0. The summed E-state index contributed by atoms with van der Waals surface area (Å²) in [5, 5.41) is 31.0. The van der Waals surface area contributed by atoms with Gasteiger partial charge in [-0.3, -0.25) is 52.9 Å². The van der Waals surface area contributed by atoms with Gasteiger partial charge in [-0.05, 0) is 56.4 Å². The van der Waals surface area contributed by atoms with Gasteiger partial charge in [-0.25, -0.2) is 0 Å². The van der Waals surface area contributed by atoms with E-state index in [1.165, 1.54) is 11.8 Å². The number of nitrogens with two attached hydrogens (primary N) is 3. The zero-order chi connectivity index (χ0) is 52.5. The van der Waals surface area contributed by atoms with Gasteiger partial charge in [0.05, 0.1) is 13.2 Å². The summed E-state index contributed by atoms with van der Waals surface area (Å²) in [7, 11) is 0. The van der Waals surface area contributed by atoms with Crippen molar-refractivity contribution in [3.63, 3.8) is 0 Å². The number of aliphatic hydroxyl groups is 1. The second-order valence-electron chi connectivity index (χ2n) is 17.4. The van der Waals surface area contributed by atoms with Crippen LogP contribution in [0.25, 0.3) is 0 Å². The lowest BCUT2D eigenvalue weighted by molar-refractivity contribution is -0.142. The van der Waals surface area contributed by atoms with Crippen molar-refractivity contribution in [3.05, 3.63) is 35.9 Å². The van der Waals surface area contributed by atoms with Crippen molar-refractivity contribution >= 4 is 65.0 Å². The fourth-order valence-corrected chi connectivity index (χ4v) is 7.52. The minimum absolute atomic E-state index is 0.0148. The van der Waals surface area contributed by atoms with Gasteiger partial charge in [0.1, 0.15) is 42.3 Å². The highest BCUT2D eigenvalue weighted by Gasteiger charge is 2.40. The number of rotatable bonds is 30. The number of benzene rings is 1. The van der Waals surface area contributed by atoms with Crippen LogP contribution < -0.4 is 59.7 Å². The first-order valence-electron chi connectivity index (χ1n) is 23.8. The number of nitrogens with one attached hydrogen (secondary N) is 8. The minimum Gasteiger partial charge on any atom is -0.394 e. The first-order chi connectivity index (χ1) is 33.2. The molecule has 0 aromatic heterocycles. The van der Waals surface area contributed by atoms with Gasteiger partial charge >= 0.3 is 0 Å². The van der Waals surface area contributed by atoms with Crippen LogP contribution in [0.3, 0.4) is 0 Å². The summed E-state index contributed by atoms with van der Waals surface area (Å²) in [5.74, 6) is -8.47. The number of hydrogen-bond acceptors (Lipinski definition) is 12. The molecule has 0 aliphatic carbocycles. The number of aliphatic hydroxyl groups excluding tert-OH is 1. The highest BCUT2D eigenvalue weighted by Crippen LogP contribution is 2.21. The Kier molecular flexibility index (Phi) is 25.9. The molecule has 0 bridgehead atoms. The maximum atomic E-state index is 14.2. The van der Waals surface area contributed by atoms with Gasteiger partial charge in [-0.2, -0.15) is 0 Å². The van der Waals surface area contributed by atoms with Crippen LogP contribution in [0, 0.1) is 11.8 Å². The van der Waals surface area contributed by atoms with Crippen LogP contribution in [0.2, 0.25) is 0 Å². The lowest BCUT2D eigenvalue weighted by Gasteiger charge is -2.31. The van der Waals surface area contributed by atoms with Crippen molar-refractivity contribution in [2.24, 2.45) is 34.0 Å². The van der Waals surface area contributed by atoms with E-state index in [1.54, 1.807) is 65.0 Å². The monoisotopic (exact) mass is 986 g/mol. The molecule has 0 spiro atoms. The van der Waals surface area contributed by atoms with Gasteiger partial charge in [-0.1, -0.05) is 70.9 Å². The summed E-state index contributed by atoms with van der Waals surface area (Å²) in [4.78, 5) is 138. The molecule has 1 aromatic carbocycles. The van der Waals surface area contributed by atoms with Crippen LogP contribution in [-0.4, -0.2) is 150 Å². The summed E-state index contributed by atoms with van der Waals surface area (Å²) in [5.41, 5.74) is 17.1. The molecule has 1 aromatic rings. The lowest BCUT2D eigenvalue weighted by atomic mass is 9.96. The number of likely N-dealkylation sites (tertiary alicyclic amines) is 1. The molecule has 0 radical (unpaired) electrons. The molecule has 70 heavy (non-hydrogen) atoms. The van der Waals surface area contributed by atoms with Gasteiger partial charge in [0.15, 0.2) is 5.96 Å². The number of nitrogens with zero attached hydrogens (tertiary/aromatic N) is 2. The Hall–Kier alpha value is -6.85. The number of likely N-dealkylation sites (N-methyl/N-ethyl adjacent to an activating group) is 1. The van der Waals surface area contributed by atoms with E-state index in [9.17, 15) is 53.1 Å². The highest BCUT2D eigenvalue weighted by molar-refractivity contribution is 5.98. The van der Waals surface area contributed by atoms with E-state index in [4.69, 9.17) is 17.2 Å². The maximum absolute atomic E-state index is 14.2.